The van der Waals surface area contributed by atoms with Crippen molar-refractivity contribution in [2.24, 2.45) is 0 Å². The number of hydrogen-bond acceptors (Lipinski definition) is 6. The Hall–Kier alpha value is -2.10. The van der Waals surface area contributed by atoms with Crippen molar-refractivity contribution in [3.8, 4) is 0 Å². The topological polar surface area (TPSA) is 105 Å². The number of hydrogen-bond donors (Lipinski definition) is 1. The van der Waals surface area contributed by atoms with E-state index in [1.807, 2.05) is 0 Å². The van der Waals surface area contributed by atoms with Crippen LogP contribution in [0, 0.1) is 6.92 Å². The highest BCUT2D eigenvalue weighted by Crippen LogP contribution is 2.49. The second-order valence-corrected chi connectivity index (χ2v) is 12.2. The summed E-state index contributed by atoms with van der Waals surface area (Å²) in [5, 5.41) is 11.0. The lowest BCUT2D eigenvalue weighted by atomic mass is 9.97. The maximum absolute atomic E-state index is 13.5. The Morgan fingerprint density at radius 2 is 1.83 bits per heavy atom. The summed E-state index contributed by atoms with van der Waals surface area (Å²) in [7, 11) is -6.37. The van der Waals surface area contributed by atoms with Crippen LogP contribution in [-0.4, -0.2) is 40.2 Å². The average Bonchev–Trinajstić information content (AvgIpc) is 2.61. The maximum atomic E-state index is 13.5. The number of aromatic nitrogens is 1. The number of benzene rings is 1. The fourth-order valence-electron chi connectivity index (χ4n) is 3.45. The van der Waals surface area contributed by atoms with Crippen LogP contribution in [0.15, 0.2) is 30.5 Å². The van der Waals surface area contributed by atoms with Crippen molar-refractivity contribution in [1.29, 1.82) is 0 Å². The summed E-state index contributed by atoms with van der Waals surface area (Å²) >= 11 is 6.24. The lowest BCUT2D eigenvalue weighted by Gasteiger charge is -2.33. The number of aliphatic hydroxyl groups excluding tert-OH is 1. The highest BCUT2D eigenvalue weighted by molar-refractivity contribution is 8.01. The van der Waals surface area contributed by atoms with E-state index in [0.29, 0.717) is 11.1 Å². The Balaban J connectivity index is 2.43. The first-order valence-electron chi connectivity index (χ1n) is 8.60. The van der Waals surface area contributed by atoms with Gasteiger partial charge in [0.1, 0.15) is 10.6 Å². The molecule has 10 heteroatoms. The molecule has 0 saturated carbocycles. The van der Waals surface area contributed by atoms with Crippen LogP contribution in [0.3, 0.4) is 0 Å². The van der Waals surface area contributed by atoms with Gasteiger partial charge in [-0.15, -0.1) is 0 Å². The van der Waals surface area contributed by atoms with Gasteiger partial charge in [0.25, 0.3) is 0 Å². The van der Waals surface area contributed by atoms with Crippen LogP contribution in [0.2, 0.25) is 5.02 Å². The van der Waals surface area contributed by atoms with Gasteiger partial charge in [-0.1, -0.05) is 23.7 Å². The first-order chi connectivity index (χ1) is 13.2. The van der Waals surface area contributed by atoms with E-state index in [9.17, 15) is 21.9 Å². The number of aliphatic hydroxyl groups is 1. The Kier molecular flexibility index (Phi) is 5.00. The van der Waals surface area contributed by atoms with E-state index in [4.69, 9.17) is 11.6 Å². The van der Waals surface area contributed by atoms with Crippen LogP contribution in [0.4, 0.5) is 5.69 Å². The predicted octanol–water partition coefficient (Wildman–Crippen LogP) is 3.49. The number of fused-ring (bicyclic) bond motifs is 1. The van der Waals surface area contributed by atoms with Gasteiger partial charge >= 0.3 is 0 Å². The standard InChI is InChI=1S/C19H21ClN2O5S2/c1-11-12(8-9-14(20)16(11)22(4)28(5,24)25)18-17(23)15-13(7-6-10-21-15)19(2,3)29(18,26)27/h6-10,23H,1-5H3. The number of rotatable bonds is 3. The number of nitrogens with zero attached hydrogens (tertiary/aromatic N) is 2. The molecule has 3 rings (SSSR count). The molecule has 0 bridgehead atoms. The Labute approximate surface area is 175 Å². The summed E-state index contributed by atoms with van der Waals surface area (Å²) in [5.41, 5.74) is 1.19. The Morgan fingerprint density at radius 3 is 2.41 bits per heavy atom. The van der Waals surface area contributed by atoms with E-state index < -0.39 is 30.4 Å². The van der Waals surface area contributed by atoms with Crippen LogP contribution in [0.5, 0.6) is 0 Å². The molecule has 1 aliphatic heterocycles. The molecule has 0 unspecified atom stereocenters. The van der Waals surface area contributed by atoms with Gasteiger partial charge in [-0.2, -0.15) is 0 Å². The first-order valence-corrected chi connectivity index (χ1v) is 12.3. The Bertz CT molecular complexity index is 1270. The van der Waals surface area contributed by atoms with E-state index in [0.717, 1.165) is 10.6 Å². The van der Waals surface area contributed by atoms with Crippen molar-refractivity contribution in [1.82, 2.24) is 4.98 Å². The molecule has 0 radical (unpaired) electrons. The van der Waals surface area contributed by atoms with Gasteiger partial charge in [-0.25, -0.2) is 16.8 Å². The van der Waals surface area contributed by atoms with Crippen LogP contribution in [0.25, 0.3) is 10.7 Å². The van der Waals surface area contributed by atoms with Gasteiger partial charge in [0.2, 0.25) is 10.0 Å². The minimum Gasteiger partial charge on any atom is -0.504 e. The van der Waals surface area contributed by atoms with Crippen molar-refractivity contribution >= 4 is 47.8 Å². The van der Waals surface area contributed by atoms with Crippen LogP contribution < -0.4 is 4.31 Å². The second kappa shape index (κ2) is 6.72. The van der Waals surface area contributed by atoms with Gasteiger partial charge in [-0.3, -0.25) is 9.29 Å². The lowest BCUT2D eigenvalue weighted by Crippen LogP contribution is -2.35. The van der Waals surface area contributed by atoms with Gasteiger partial charge in [0.05, 0.1) is 21.7 Å². The van der Waals surface area contributed by atoms with Gasteiger partial charge in [0.15, 0.2) is 15.6 Å². The fourth-order valence-corrected chi connectivity index (χ4v) is 6.23. The summed E-state index contributed by atoms with van der Waals surface area (Å²) < 4.78 is 50.8. The zero-order chi connectivity index (χ0) is 21.9. The largest absolute Gasteiger partial charge is 0.504 e. The number of sulfonamides is 1. The van der Waals surface area contributed by atoms with Crippen molar-refractivity contribution in [2.45, 2.75) is 25.5 Å². The van der Waals surface area contributed by atoms with E-state index in [1.165, 1.54) is 25.4 Å². The molecular formula is C19H21ClN2O5S2. The minimum atomic E-state index is -4.05. The van der Waals surface area contributed by atoms with Crippen LogP contribution in [-0.2, 0) is 24.6 Å². The van der Waals surface area contributed by atoms with Crippen molar-refractivity contribution in [3.05, 3.63) is 57.9 Å². The van der Waals surface area contributed by atoms with Crippen molar-refractivity contribution in [3.63, 3.8) is 0 Å². The first kappa shape index (κ1) is 21.6. The molecule has 0 fully saturated rings. The molecule has 29 heavy (non-hydrogen) atoms. The molecule has 2 heterocycles. The van der Waals surface area contributed by atoms with Crippen molar-refractivity contribution in [2.75, 3.05) is 17.6 Å². The number of anilines is 1. The van der Waals surface area contributed by atoms with Crippen LogP contribution >= 0.6 is 11.6 Å². The molecule has 2 aromatic rings. The third-order valence-electron chi connectivity index (χ3n) is 5.28. The molecule has 0 amide bonds. The number of pyridine rings is 1. The average molecular weight is 457 g/mol. The molecule has 1 aromatic carbocycles. The Morgan fingerprint density at radius 1 is 1.21 bits per heavy atom. The zero-order valence-electron chi connectivity index (χ0n) is 16.6. The fraction of sp³-hybridized carbons (Fsp3) is 0.316. The molecule has 0 aliphatic carbocycles. The summed E-state index contributed by atoms with van der Waals surface area (Å²) in [4.78, 5) is 3.88. The predicted molar refractivity (Wildman–Crippen MR) is 115 cm³/mol. The molecule has 0 spiro atoms. The minimum absolute atomic E-state index is 0.144. The number of halogens is 1. The summed E-state index contributed by atoms with van der Waals surface area (Å²) in [6, 6.07) is 6.10. The molecule has 0 saturated heterocycles. The zero-order valence-corrected chi connectivity index (χ0v) is 18.9. The normalized spacial score (nSPS) is 17.7. The monoisotopic (exact) mass is 456 g/mol. The maximum Gasteiger partial charge on any atom is 0.232 e. The SMILES string of the molecule is Cc1c(C2=C(O)c3ncccc3C(C)(C)S2(=O)=O)ccc(Cl)c1N(C)S(C)(=O)=O. The quantitative estimate of drug-likeness (QED) is 0.757. The van der Waals surface area contributed by atoms with E-state index in [1.54, 1.807) is 32.9 Å². The smallest absolute Gasteiger partial charge is 0.232 e. The second-order valence-electron chi connectivity index (χ2n) is 7.39. The molecule has 156 valence electrons. The van der Waals surface area contributed by atoms with E-state index in [2.05, 4.69) is 4.98 Å². The summed E-state index contributed by atoms with van der Waals surface area (Å²) in [5.74, 6) is -0.474. The van der Waals surface area contributed by atoms with Crippen LogP contribution in [0.1, 0.15) is 36.2 Å². The van der Waals surface area contributed by atoms with Gasteiger partial charge < -0.3 is 5.11 Å². The highest BCUT2D eigenvalue weighted by Gasteiger charge is 2.48. The number of sulfone groups is 1. The third-order valence-corrected chi connectivity index (χ3v) is 9.27. The molecule has 7 nitrogen and oxygen atoms in total. The molecule has 0 atom stereocenters. The van der Waals surface area contributed by atoms with E-state index in [-0.39, 0.29) is 26.9 Å². The van der Waals surface area contributed by atoms with Gasteiger partial charge in [-0.05, 0) is 38.5 Å². The molecule has 1 aromatic heterocycles. The lowest BCUT2D eigenvalue weighted by molar-refractivity contribution is 0.501. The van der Waals surface area contributed by atoms with E-state index >= 15 is 0 Å². The molecular weight excluding hydrogens is 436 g/mol. The van der Waals surface area contributed by atoms with Crippen molar-refractivity contribution < 1.29 is 21.9 Å². The summed E-state index contributed by atoms with van der Waals surface area (Å²) in [6.07, 6.45) is 2.49. The third kappa shape index (κ3) is 3.12. The molecule has 1 aliphatic rings. The highest BCUT2D eigenvalue weighted by atomic mass is 35.5. The molecule has 1 N–H and O–H groups in total. The van der Waals surface area contributed by atoms with Gasteiger partial charge in [0, 0.05) is 24.4 Å². The summed E-state index contributed by atoms with van der Waals surface area (Å²) in [6.45, 7) is 4.66.